The third-order valence-electron chi connectivity index (χ3n) is 3.02. The van der Waals surface area contributed by atoms with Crippen LogP contribution in [0.5, 0.6) is 0 Å². The van der Waals surface area contributed by atoms with Gasteiger partial charge in [0.15, 0.2) is 10.0 Å². The predicted molar refractivity (Wildman–Crippen MR) is 78.8 cm³/mol. The number of hydrogen-bond acceptors (Lipinski definition) is 6. The van der Waals surface area contributed by atoms with E-state index in [4.69, 9.17) is 15.2 Å². The summed E-state index contributed by atoms with van der Waals surface area (Å²) in [7, 11) is -0.544. The first-order valence-corrected chi connectivity index (χ1v) is 7.77. The molecule has 0 aliphatic carbocycles. The van der Waals surface area contributed by atoms with Gasteiger partial charge in [-0.25, -0.2) is 8.57 Å². The normalized spacial score (nSPS) is 27.5. The molecular weight excluding hydrogens is 404 g/mol. The first-order valence-electron chi connectivity index (χ1n) is 6.30. The van der Waals surface area contributed by atoms with Gasteiger partial charge < -0.3 is 20.5 Å². The minimum Gasteiger partial charge on any atom is -0.601 e. The Kier molecular flexibility index (Phi) is 7.46. The first kappa shape index (κ1) is 19.6. The summed E-state index contributed by atoms with van der Waals surface area (Å²) in [5.74, 6) is 0. The molecule has 1 aromatic rings. The SMILES string of the molecule is COC1CC(N=S(=O)(O)c2ccc(N)cc2)[N-]C(OC)N1.[Ag+]. The van der Waals surface area contributed by atoms with Gasteiger partial charge in [-0.3, -0.25) is 9.87 Å². The molecule has 1 aliphatic rings. The van der Waals surface area contributed by atoms with E-state index in [-0.39, 0.29) is 33.5 Å². The summed E-state index contributed by atoms with van der Waals surface area (Å²) in [5.41, 5.74) is 6.08. The Labute approximate surface area is 145 Å². The van der Waals surface area contributed by atoms with Crippen LogP contribution >= 0.6 is 0 Å². The molecule has 0 saturated carbocycles. The second-order valence-electron chi connectivity index (χ2n) is 4.52. The molecule has 1 fully saturated rings. The molecule has 1 aliphatic heterocycles. The van der Waals surface area contributed by atoms with Crippen LogP contribution < -0.4 is 11.1 Å². The minimum atomic E-state index is -3.55. The van der Waals surface area contributed by atoms with Crippen LogP contribution in [0.1, 0.15) is 6.42 Å². The fraction of sp³-hybridized carbons (Fsp3) is 0.500. The third kappa shape index (κ3) is 5.01. The number of nitrogens with zero attached hydrogens (tertiary/aromatic N) is 2. The standard InChI is InChI=1S/C12H19N4O4S.Ag/c1-19-11-7-10(14-12(15-11)20-2)16-21(17,18)9-5-3-8(13)4-6-9;/h3-6,10-12,15H,7,13H2,1-2H3,(H,16,17,18);/q-1;+1. The first-order chi connectivity index (χ1) is 9.94. The van der Waals surface area contributed by atoms with Crippen molar-refractivity contribution in [3.63, 3.8) is 0 Å². The van der Waals surface area contributed by atoms with Crippen molar-refractivity contribution in [3.8, 4) is 0 Å². The van der Waals surface area contributed by atoms with E-state index in [1.807, 2.05) is 0 Å². The van der Waals surface area contributed by atoms with Gasteiger partial charge in [0.1, 0.15) is 6.23 Å². The number of ether oxygens (including phenoxy) is 2. The Bertz CT molecular complexity index is 579. The second-order valence-corrected chi connectivity index (χ2v) is 6.19. The molecule has 1 saturated heterocycles. The van der Waals surface area contributed by atoms with Crippen molar-refractivity contribution in [2.24, 2.45) is 4.36 Å². The topological polar surface area (TPSA) is 120 Å². The molecule has 0 amide bonds. The van der Waals surface area contributed by atoms with E-state index < -0.39 is 22.5 Å². The molecule has 1 aromatic carbocycles. The number of hydrogen-bond donors (Lipinski definition) is 3. The maximum atomic E-state index is 12.3. The Balaban J connectivity index is 0.00000242. The Morgan fingerprint density at radius 2 is 2.00 bits per heavy atom. The summed E-state index contributed by atoms with van der Waals surface area (Å²) in [6.07, 6.45) is -1.32. The maximum Gasteiger partial charge on any atom is 1.00 e. The van der Waals surface area contributed by atoms with Gasteiger partial charge in [0.25, 0.3) is 0 Å². The molecule has 0 bridgehead atoms. The Morgan fingerprint density at radius 3 is 2.55 bits per heavy atom. The predicted octanol–water partition coefficient (Wildman–Crippen LogP) is 1.16. The van der Waals surface area contributed by atoms with Crippen molar-refractivity contribution in [3.05, 3.63) is 29.6 Å². The summed E-state index contributed by atoms with van der Waals surface area (Å²) >= 11 is 0. The van der Waals surface area contributed by atoms with Gasteiger partial charge in [-0.1, -0.05) is 0 Å². The molecule has 0 radical (unpaired) electrons. The minimum absolute atomic E-state index is 0. The van der Waals surface area contributed by atoms with E-state index in [9.17, 15) is 8.76 Å². The molecule has 4 N–H and O–H groups in total. The van der Waals surface area contributed by atoms with Crippen LogP contribution in [0.3, 0.4) is 0 Å². The molecule has 4 unspecified atom stereocenters. The van der Waals surface area contributed by atoms with Crippen molar-refractivity contribution in [1.82, 2.24) is 5.32 Å². The van der Waals surface area contributed by atoms with Gasteiger partial charge in [0.2, 0.25) is 0 Å². The van der Waals surface area contributed by atoms with E-state index in [0.717, 1.165) is 0 Å². The summed E-state index contributed by atoms with van der Waals surface area (Å²) in [6.45, 7) is 0. The molecule has 10 heteroatoms. The molecule has 22 heavy (non-hydrogen) atoms. The number of benzene rings is 1. The second kappa shape index (κ2) is 8.39. The Morgan fingerprint density at radius 1 is 1.36 bits per heavy atom. The number of anilines is 1. The van der Waals surface area contributed by atoms with E-state index in [2.05, 4.69) is 15.0 Å². The fourth-order valence-electron chi connectivity index (χ4n) is 1.91. The van der Waals surface area contributed by atoms with Gasteiger partial charge in [0.05, 0.1) is 4.90 Å². The smallest absolute Gasteiger partial charge is 0.601 e. The van der Waals surface area contributed by atoms with Crippen molar-refractivity contribution in [2.45, 2.75) is 30.1 Å². The van der Waals surface area contributed by atoms with Crippen LogP contribution in [0.2, 0.25) is 0 Å². The molecule has 0 aromatic heterocycles. The number of nitrogens with two attached hydrogens (primary N) is 1. The largest absolute Gasteiger partial charge is 1.00 e. The van der Waals surface area contributed by atoms with Crippen LogP contribution in [0.25, 0.3) is 5.32 Å². The molecule has 2 rings (SSSR count). The summed E-state index contributed by atoms with van der Waals surface area (Å²) in [4.78, 5) is 0.188. The van der Waals surface area contributed by atoms with Crippen molar-refractivity contribution < 1.29 is 40.6 Å². The number of nitrogens with one attached hydrogen (secondary N) is 1. The van der Waals surface area contributed by atoms with Gasteiger partial charge in [0, 0.05) is 26.3 Å². The zero-order valence-electron chi connectivity index (χ0n) is 12.1. The molecule has 1 heterocycles. The molecule has 8 nitrogen and oxygen atoms in total. The molecular formula is C12H19AgN4O4S. The van der Waals surface area contributed by atoms with Crippen LogP contribution in [-0.2, 0) is 41.9 Å². The zero-order valence-corrected chi connectivity index (χ0v) is 14.4. The van der Waals surface area contributed by atoms with Crippen molar-refractivity contribution in [2.75, 3.05) is 20.0 Å². The summed E-state index contributed by atoms with van der Waals surface area (Å²) in [6, 6.07) is 6.06. The fourth-order valence-corrected chi connectivity index (χ4v) is 3.00. The maximum absolute atomic E-state index is 12.3. The van der Waals surface area contributed by atoms with E-state index in [1.165, 1.54) is 26.4 Å². The van der Waals surface area contributed by atoms with Crippen LogP contribution in [0.4, 0.5) is 5.69 Å². The van der Waals surface area contributed by atoms with Crippen LogP contribution in [0.15, 0.2) is 33.5 Å². The number of methoxy groups -OCH3 is 2. The zero-order chi connectivity index (χ0) is 15.5. The molecule has 0 spiro atoms. The van der Waals surface area contributed by atoms with Gasteiger partial charge in [-0.2, -0.15) is 0 Å². The third-order valence-corrected chi connectivity index (χ3v) is 4.44. The van der Waals surface area contributed by atoms with E-state index >= 15 is 0 Å². The summed E-state index contributed by atoms with van der Waals surface area (Å²) in [5, 5.41) is 7.14. The number of rotatable bonds is 4. The van der Waals surface area contributed by atoms with Gasteiger partial charge in [-0.05, 0) is 36.9 Å². The van der Waals surface area contributed by atoms with Gasteiger partial charge in [-0.15, -0.1) is 0 Å². The number of nitrogen functional groups attached to an aromatic ring is 1. The summed E-state index contributed by atoms with van der Waals surface area (Å²) < 4.78 is 36.7. The van der Waals surface area contributed by atoms with Gasteiger partial charge >= 0.3 is 22.4 Å². The molecule has 4 atom stereocenters. The van der Waals surface area contributed by atoms with Crippen molar-refractivity contribution >= 4 is 15.7 Å². The van der Waals surface area contributed by atoms with Crippen LogP contribution in [-0.4, -0.2) is 41.7 Å². The molecule has 128 valence electrons. The average Bonchev–Trinajstić information content (AvgIpc) is 2.46. The van der Waals surface area contributed by atoms with Crippen molar-refractivity contribution in [1.29, 1.82) is 0 Å². The average molecular weight is 423 g/mol. The quantitative estimate of drug-likeness (QED) is 0.494. The Hall–Kier alpha value is -0.490. The monoisotopic (exact) mass is 422 g/mol. The van der Waals surface area contributed by atoms with E-state index in [0.29, 0.717) is 12.1 Å². The van der Waals surface area contributed by atoms with E-state index in [1.54, 1.807) is 12.1 Å². The van der Waals surface area contributed by atoms with Crippen LogP contribution in [0, 0.1) is 0 Å².